The molecule has 0 spiro atoms. The van der Waals surface area contributed by atoms with Crippen LogP contribution in [-0.4, -0.2) is 17.0 Å². The van der Waals surface area contributed by atoms with E-state index in [1.54, 1.807) is 0 Å². The fourth-order valence-electron chi connectivity index (χ4n) is 3.53. The molecule has 0 unspecified atom stereocenters. The Morgan fingerprint density at radius 2 is 1.80 bits per heavy atom. The average molecular weight is 337 g/mol. The number of carbonyl (C=O) groups excluding carboxylic acids is 1. The Bertz CT molecular complexity index is 798. The Hall–Kier alpha value is -2.62. The highest BCUT2D eigenvalue weighted by Crippen LogP contribution is 2.28. The lowest BCUT2D eigenvalue weighted by Gasteiger charge is -2.10. The van der Waals surface area contributed by atoms with Gasteiger partial charge in [-0.3, -0.25) is 4.79 Å². The van der Waals surface area contributed by atoms with Crippen molar-refractivity contribution >= 4 is 28.7 Å². The molecule has 2 aromatic carbocycles. The number of carboxylic acids is 1. The maximum absolute atomic E-state index is 12.2. The first-order chi connectivity index (χ1) is 12.1. The number of amides is 1. The van der Waals surface area contributed by atoms with Crippen LogP contribution in [0, 0.1) is 5.92 Å². The zero-order valence-electron chi connectivity index (χ0n) is 14.2. The van der Waals surface area contributed by atoms with E-state index in [4.69, 9.17) is 0 Å². The summed E-state index contributed by atoms with van der Waals surface area (Å²) in [6.07, 6.45) is 7.62. The minimum atomic E-state index is -1.12. The number of benzene rings is 2. The second kappa shape index (κ2) is 7.97. The van der Waals surface area contributed by atoms with E-state index in [9.17, 15) is 14.7 Å². The molecule has 0 saturated heterocycles. The predicted octanol–water partition coefficient (Wildman–Crippen LogP) is 4.35. The molecule has 2 N–H and O–H groups in total. The van der Waals surface area contributed by atoms with Crippen LogP contribution in [0.1, 0.15) is 44.1 Å². The molecule has 4 nitrogen and oxygen atoms in total. The molecule has 1 aliphatic carbocycles. The summed E-state index contributed by atoms with van der Waals surface area (Å²) in [5.41, 5.74) is 0.708. The molecule has 25 heavy (non-hydrogen) atoms. The Balaban J connectivity index is 1.74. The Kier molecular flexibility index (Phi) is 5.49. The van der Waals surface area contributed by atoms with Gasteiger partial charge in [-0.05, 0) is 34.8 Å². The highest BCUT2D eigenvalue weighted by molar-refractivity contribution is 6.00. The molecule has 3 rings (SSSR count). The average Bonchev–Trinajstić information content (AvgIpc) is 3.13. The van der Waals surface area contributed by atoms with E-state index < -0.39 is 5.97 Å². The van der Waals surface area contributed by atoms with Gasteiger partial charge in [0.2, 0.25) is 5.91 Å². The molecule has 130 valence electrons. The lowest BCUT2D eigenvalue weighted by Crippen LogP contribution is -2.27. The van der Waals surface area contributed by atoms with Crippen LogP contribution in [-0.2, 0) is 9.59 Å². The van der Waals surface area contributed by atoms with Crippen molar-refractivity contribution in [3.05, 3.63) is 53.7 Å². The van der Waals surface area contributed by atoms with E-state index in [-0.39, 0.29) is 11.6 Å². The topological polar surface area (TPSA) is 66.4 Å². The van der Waals surface area contributed by atoms with Crippen LogP contribution in [0.15, 0.2) is 48.2 Å². The van der Waals surface area contributed by atoms with Crippen molar-refractivity contribution in [3.8, 4) is 0 Å². The lowest BCUT2D eigenvalue weighted by molar-refractivity contribution is -0.134. The summed E-state index contributed by atoms with van der Waals surface area (Å²) in [4.78, 5) is 23.7. The maximum Gasteiger partial charge on any atom is 0.352 e. The van der Waals surface area contributed by atoms with E-state index in [0.29, 0.717) is 12.3 Å². The van der Waals surface area contributed by atoms with Crippen molar-refractivity contribution < 1.29 is 14.7 Å². The zero-order chi connectivity index (χ0) is 17.6. The summed E-state index contributed by atoms with van der Waals surface area (Å²) in [5.74, 6) is -0.732. The molecule has 0 bridgehead atoms. The Morgan fingerprint density at radius 1 is 1.08 bits per heavy atom. The van der Waals surface area contributed by atoms with Crippen molar-refractivity contribution in [2.75, 3.05) is 0 Å². The summed E-state index contributed by atoms with van der Waals surface area (Å²) in [6.45, 7) is 0. The molecule has 0 heterocycles. The molecule has 4 heteroatoms. The summed E-state index contributed by atoms with van der Waals surface area (Å²) in [6, 6.07) is 13.5. The predicted molar refractivity (Wildman–Crippen MR) is 98.9 cm³/mol. The van der Waals surface area contributed by atoms with Gasteiger partial charge in [-0.2, -0.15) is 0 Å². The van der Waals surface area contributed by atoms with Crippen LogP contribution in [0.4, 0.5) is 0 Å². The highest BCUT2D eigenvalue weighted by Gasteiger charge is 2.18. The van der Waals surface area contributed by atoms with E-state index in [2.05, 4.69) is 5.32 Å². The summed E-state index contributed by atoms with van der Waals surface area (Å²) in [7, 11) is 0. The minimum Gasteiger partial charge on any atom is -0.477 e. The van der Waals surface area contributed by atoms with E-state index >= 15 is 0 Å². The first kappa shape index (κ1) is 17.2. The van der Waals surface area contributed by atoms with Gasteiger partial charge in [0.25, 0.3) is 0 Å². The van der Waals surface area contributed by atoms with E-state index in [1.807, 2.05) is 42.5 Å². The molecule has 0 radical (unpaired) electrons. The van der Waals surface area contributed by atoms with Crippen LogP contribution < -0.4 is 5.32 Å². The first-order valence-corrected chi connectivity index (χ1v) is 8.86. The van der Waals surface area contributed by atoms with Crippen LogP contribution in [0.25, 0.3) is 16.8 Å². The highest BCUT2D eigenvalue weighted by atomic mass is 16.4. The lowest BCUT2D eigenvalue weighted by atomic mass is 10.0. The van der Waals surface area contributed by atoms with E-state index in [0.717, 1.165) is 22.8 Å². The van der Waals surface area contributed by atoms with Gasteiger partial charge >= 0.3 is 5.97 Å². The van der Waals surface area contributed by atoms with Gasteiger partial charge in [-0.15, -0.1) is 0 Å². The number of aliphatic carboxylic acids is 1. The molecule has 0 atom stereocenters. The van der Waals surface area contributed by atoms with E-state index in [1.165, 1.54) is 31.8 Å². The Morgan fingerprint density at radius 3 is 2.56 bits per heavy atom. The first-order valence-electron chi connectivity index (χ1n) is 8.86. The molecular formula is C21H23NO3. The molecule has 0 aromatic heterocycles. The normalized spacial score (nSPS) is 15.4. The third-order valence-electron chi connectivity index (χ3n) is 4.88. The number of carboxylic acid groups (broad SMARTS) is 1. The maximum atomic E-state index is 12.2. The summed E-state index contributed by atoms with van der Waals surface area (Å²) < 4.78 is 0. The van der Waals surface area contributed by atoms with Crippen molar-refractivity contribution in [2.45, 2.75) is 38.5 Å². The fourth-order valence-corrected chi connectivity index (χ4v) is 3.53. The molecule has 1 saturated carbocycles. The largest absolute Gasteiger partial charge is 0.477 e. The molecular weight excluding hydrogens is 314 g/mol. The van der Waals surface area contributed by atoms with Crippen molar-refractivity contribution in [3.63, 3.8) is 0 Å². The van der Waals surface area contributed by atoms with Gasteiger partial charge in [0, 0.05) is 6.42 Å². The van der Waals surface area contributed by atoms with Crippen LogP contribution in [0.5, 0.6) is 0 Å². The van der Waals surface area contributed by atoms with Crippen LogP contribution in [0.3, 0.4) is 0 Å². The molecule has 1 fully saturated rings. The summed E-state index contributed by atoms with van der Waals surface area (Å²) in [5, 5.41) is 14.0. The number of rotatable bonds is 6. The van der Waals surface area contributed by atoms with Crippen LogP contribution >= 0.6 is 0 Å². The monoisotopic (exact) mass is 337 g/mol. The van der Waals surface area contributed by atoms with Gasteiger partial charge in [-0.1, -0.05) is 68.1 Å². The van der Waals surface area contributed by atoms with Gasteiger partial charge < -0.3 is 10.4 Å². The zero-order valence-corrected chi connectivity index (χ0v) is 14.2. The quantitative estimate of drug-likeness (QED) is 0.770. The van der Waals surface area contributed by atoms with Crippen molar-refractivity contribution in [1.82, 2.24) is 5.32 Å². The number of fused-ring (bicyclic) bond motifs is 1. The number of nitrogens with one attached hydrogen (secondary N) is 1. The molecule has 1 aliphatic rings. The Labute approximate surface area is 147 Å². The van der Waals surface area contributed by atoms with Gasteiger partial charge in [0.05, 0.1) is 0 Å². The molecule has 0 aliphatic heterocycles. The number of carbonyl (C=O) groups is 2. The minimum absolute atomic E-state index is 0.0761. The SMILES string of the molecule is O=C(CCC1CCCC1)NC(=Cc1cccc2ccccc12)C(=O)O. The van der Waals surface area contributed by atoms with Gasteiger partial charge in [0.1, 0.15) is 5.70 Å². The van der Waals surface area contributed by atoms with Crippen molar-refractivity contribution in [1.29, 1.82) is 0 Å². The van der Waals surface area contributed by atoms with Crippen LogP contribution in [0.2, 0.25) is 0 Å². The fraction of sp³-hybridized carbons (Fsp3) is 0.333. The third kappa shape index (κ3) is 4.47. The van der Waals surface area contributed by atoms with Gasteiger partial charge in [-0.25, -0.2) is 4.79 Å². The third-order valence-corrected chi connectivity index (χ3v) is 4.88. The van der Waals surface area contributed by atoms with Crippen molar-refractivity contribution in [2.24, 2.45) is 5.92 Å². The molecule has 2 aromatic rings. The second-order valence-electron chi connectivity index (χ2n) is 6.67. The standard InChI is InChI=1S/C21H23NO3/c23-20(13-12-15-6-1-2-7-15)22-19(21(24)25)14-17-10-5-9-16-8-3-4-11-18(16)17/h3-5,8-11,14-15H,1-2,6-7,12-13H2,(H,22,23)(H,24,25). The number of hydrogen-bond donors (Lipinski definition) is 2. The summed E-state index contributed by atoms with van der Waals surface area (Å²) >= 11 is 0. The molecule has 1 amide bonds. The number of hydrogen-bond acceptors (Lipinski definition) is 2. The van der Waals surface area contributed by atoms with Gasteiger partial charge in [0.15, 0.2) is 0 Å². The second-order valence-corrected chi connectivity index (χ2v) is 6.67. The smallest absolute Gasteiger partial charge is 0.352 e.